The van der Waals surface area contributed by atoms with E-state index in [9.17, 15) is 9.59 Å². The highest BCUT2D eigenvalue weighted by Crippen LogP contribution is 2.27. The molecule has 148 valence electrons. The molecule has 0 fully saturated rings. The van der Waals surface area contributed by atoms with Crippen LogP contribution in [0, 0.1) is 0 Å². The zero-order valence-corrected chi connectivity index (χ0v) is 17.8. The molecule has 2 heterocycles. The van der Waals surface area contributed by atoms with Crippen LogP contribution in [0.3, 0.4) is 0 Å². The number of aromatic nitrogens is 4. The highest BCUT2D eigenvalue weighted by Gasteiger charge is 2.18. The molecule has 2 aromatic heterocycles. The molecule has 0 saturated carbocycles. The van der Waals surface area contributed by atoms with Crippen molar-refractivity contribution < 1.29 is 0 Å². The molecule has 1 aromatic carbocycles. The normalized spacial score (nSPS) is 11.5. The summed E-state index contributed by atoms with van der Waals surface area (Å²) in [6.07, 6.45) is 0.950. The smallest absolute Gasteiger partial charge is 0.309 e. The van der Waals surface area contributed by atoms with Crippen LogP contribution in [0.1, 0.15) is 6.42 Å². The van der Waals surface area contributed by atoms with Gasteiger partial charge in [-0.15, -0.1) is 11.8 Å². The summed E-state index contributed by atoms with van der Waals surface area (Å²) < 4.78 is 2.49. The van der Waals surface area contributed by atoms with E-state index in [1.807, 2.05) is 26.2 Å². The van der Waals surface area contributed by atoms with Crippen LogP contribution in [0.4, 0.5) is 0 Å². The van der Waals surface area contributed by atoms with Gasteiger partial charge in [-0.3, -0.25) is 13.9 Å². The third-order valence-corrected chi connectivity index (χ3v) is 5.67. The number of hydrogen-bond donors (Lipinski definition) is 0. The number of hydrogen-bond acceptors (Lipinski definition) is 6. The van der Waals surface area contributed by atoms with E-state index in [1.54, 1.807) is 19.2 Å². The number of rotatable bonds is 6. The fraction of sp³-hybridized carbons (Fsp3) is 0.368. The van der Waals surface area contributed by atoms with Crippen LogP contribution in [-0.4, -0.2) is 50.4 Å². The summed E-state index contributed by atoms with van der Waals surface area (Å²) in [7, 11) is 7.13. The van der Waals surface area contributed by atoms with E-state index in [4.69, 9.17) is 11.6 Å². The molecule has 0 aliphatic carbocycles. The number of thioether (sulfide) groups is 1. The molecular weight excluding hydrogens is 398 g/mol. The molecule has 0 aliphatic heterocycles. The van der Waals surface area contributed by atoms with E-state index in [1.165, 1.54) is 23.4 Å². The number of benzene rings is 1. The summed E-state index contributed by atoms with van der Waals surface area (Å²) in [6, 6.07) is 7.17. The van der Waals surface area contributed by atoms with Gasteiger partial charge in [0.25, 0.3) is 5.56 Å². The van der Waals surface area contributed by atoms with E-state index in [0.717, 1.165) is 28.8 Å². The lowest BCUT2D eigenvalue weighted by Crippen LogP contribution is -2.37. The summed E-state index contributed by atoms with van der Waals surface area (Å²) in [4.78, 5) is 36.5. The van der Waals surface area contributed by atoms with Gasteiger partial charge in [0.1, 0.15) is 10.4 Å². The molecule has 0 N–H and O–H groups in total. The Kier molecular flexibility index (Phi) is 6.22. The minimum Gasteiger partial charge on any atom is -0.309 e. The van der Waals surface area contributed by atoms with Gasteiger partial charge in [0.2, 0.25) is 0 Å². The van der Waals surface area contributed by atoms with Crippen LogP contribution >= 0.6 is 23.4 Å². The van der Waals surface area contributed by atoms with Crippen molar-refractivity contribution in [3.05, 3.63) is 50.1 Å². The lowest BCUT2D eigenvalue weighted by Gasteiger charge is -2.13. The average Bonchev–Trinajstić information content (AvgIpc) is 2.67. The molecule has 7 nitrogen and oxygen atoms in total. The highest BCUT2D eigenvalue weighted by atomic mass is 35.5. The Bertz CT molecular complexity index is 1120. The van der Waals surface area contributed by atoms with Crippen molar-refractivity contribution in [1.29, 1.82) is 0 Å². The first kappa shape index (κ1) is 20.6. The molecule has 28 heavy (non-hydrogen) atoms. The second-order valence-corrected chi connectivity index (χ2v) is 8.29. The van der Waals surface area contributed by atoms with E-state index < -0.39 is 5.69 Å². The lowest BCUT2D eigenvalue weighted by molar-refractivity contribution is 0.410. The molecule has 0 amide bonds. The average molecular weight is 420 g/mol. The highest BCUT2D eigenvalue weighted by molar-refractivity contribution is 7.99. The zero-order chi connectivity index (χ0) is 20.4. The first-order valence-electron chi connectivity index (χ1n) is 8.81. The van der Waals surface area contributed by atoms with E-state index in [-0.39, 0.29) is 5.56 Å². The van der Waals surface area contributed by atoms with Crippen LogP contribution < -0.4 is 11.2 Å². The Morgan fingerprint density at radius 1 is 1.07 bits per heavy atom. The molecule has 0 atom stereocenters. The Balaban J connectivity index is 2.17. The predicted molar refractivity (Wildman–Crippen MR) is 114 cm³/mol. The van der Waals surface area contributed by atoms with E-state index in [2.05, 4.69) is 14.9 Å². The maximum absolute atomic E-state index is 12.8. The minimum absolute atomic E-state index is 0.336. The first-order chi connectivity index (χ1) is 13.3. The molecule has 0 saturated heterocycles. The number of nitrogens with zero attached hydrogens (tertiary/aromatic N) is 5. The van der Waals surface area contributed by atoms with Crippen molar-refractivity contribution in [3.63, 3.8) is 0 Å². The van der Waals surface area contributed by atoms with Gasteiger partial charge in [-0.25, -0.2) is 14.8 Å². The van der Waals surface area contributed by atoms with Crippen LogP contribution in [0.15, 0.2) is 38.9 Å². The number of halogens is 1. The van der Waals surface area contributed by atoms with Gasteiger partial charge in [0.05, 0.1) is 0 Å². The molecule has 0 bridgehead atoms. The van der Waals surface area contributed by atoms with Crippen molar-refractivity contribution in [1.82, 2.24) is 24.0 Å². The topological polar surface area (TPSA) is 73.0 Å². The van der Waals surface area contributed by atoms with Crippen LogP contribution in [0.2, 0.25) is 5.02 Å². The van der Waals surface area contributed by atoms with Crippen molar-refractivity contribution in [2.75, 3.05) is 26.4 Å². The molecule has 0 aliphatic rings. The fourth-order valence-corrected chi connectivity index (χ4v) is 3.88. The summed E-state index contributed by atoms with van der Waals surface area (Å²) in [5, 5.41) is 1.58. The Hall–Kier alpha value is -2.16. The van der Waals surface area contributed by atoms with Gasteiger partial charge < -0.3 is 4.90 Å². The summed E-state index contributed by atoms with van der Waals surface area (Å²) >= 11 is 7.49. The van der Waals surface area contributed by atoms with E-state index in [0.29, 0.717) is 26.9 Å². The van der Waals surface area contributed by atoms with Crippen molar-refractivity contribution in [2.24, 2.45) is 14.1 Å². The molecule has 9 heteroatoms. The van der Waals surface area contributed by atoms with Crippen molar-refractivity contribution in [2.45, 2.75) is 11.4 Å². The van der Waals surface area contributed by atoms with Crippen molar-refractivity contribution >= 4 is 34.4 Å². The molecule has 3 aromatic rings. The van der Waals surface area contributed by atoms with E-state index >= 15 is 0 Å². The quantitative estimate of drug-likeness (QED) is 0.347. The van der Waals surface area contributed by atoms with Crippen LogP contribution in [-0.2, 0) is 14.1 Å². The Morgan fingerprint density at radius 3 is 2.39 bits per heavy atom. The summed E-state index contributed by atoms with van der Waals surface area (Å²) in [5.74, 6) is 1.26. The zero-order valence-electron chi connectivity index (χ0n) is 16.3. The standard InChI is InChI=1S/C19H22ClN5O2S/c1-23(2)10-5-11-28-17-14-16(24(3)19(27)25(4)18(14)26)21-15(22-17)12-6-8-13(20)9-7-12/h6-9H,5,10-11H2,1-4H3. The first-order valence-corrected chi connectivity index (χ1v) is 10.2. The molecular formula is C19H22ClN5O2S. The van der Waals surface area contributed by atoms with Crippen LogP contribution in [0.25, 0.3) is 22.4 Å². The molecule has 3 rings (SSSR count). The van der Waals surface area contributed by atoms with Gasteiger partial charge in [-0.05, 0) is 51.3 Å². The fourth-order valence-electron chi connectivity index (χ4n) is 2.81. The molecule has 0 unspecified atom stereocenters. The lowest BCUT2D eigenvalue weighted by atomic mass is 10.2. The minimum atomic E-state index is -0.415. The Labute approximate surface area is 172 Å². The Morgan fingerprint density at radius 2 is 1.75 bits per heavy atom. The SMILES string of the molecule is CN(C)CCCSc1nc(-c2ccc(Cl)cc2)nc2c1c(=O)n(C)c(=O)n2C. The predicted octanol–water partition coefficient (Wildman–Crippen LogP) is 2.39. The second kappa shape index (κ2) is 8.46. The van der Waals surface area contributed by atoms with Gasteiger partial charge in [0, 0.05) is 30.4 Å². The summed E-state index contributed by atoms with van der Waals surface area (Å²) in [6.45, 7) is 0.941. The maximum Gasteiger partial charge on any atom is 0.332 e. The summed E-state index contributed by atoms with van der Waals surface area (Å²) in [5.41, 5.74) is 0.315. The van der Waals surface area contributed by atoms with Crippen molar-refractivity contribution in [3.8, 4) is 11.4 Å². The number of aryl methyl sites for hydroxylation is 1. The molecule has 0 spiro atoms. The third-order valence-electron chi connectivity index (χ3n) is 4.36. The number of fused-ring (bicyclic) bond motifs is 1. The van der Waals surface area contributed by atoms with Gasteiger partial charge in [0.15, 0.2) is 11.5 Å². The maximum atomic E-state index is 12.8. The van der Waals surface area contributed by atoms with Crippen LogP contribution in [0.5, 0.6) is 0 Å². The van der Waals surface area contributed by atoms with Gasteiger partial charge in [-0.1, -0.05) is 11.6 Å². The second-order valence-electron chi connectivity index (χ2n) is 6.77. The van der Waals surface area contributed by atoms with Gasteiger partial charge >= 0.3 is 5.69 Å². The third kappa shape index (κ3) is 4.14. The monoisotopic (exact) mass is 419 g/mol. The largest absolute Gasteiger partial charge is 0.332 e. The van der Waals surface area contributed by atoms with Gasteiger partial charge in [-0.2, -0.15) is 0 Å². The molecule has 0 radical (unpaired) electrons.